The molecule has 2 rings (SSSR count). The van der Waals surface area contributed by atoms with Crippen molar-refractivity contribution in [3.63, 3.8) is 0 Å². The molecule has 2 nitrogen and oxygen atoms in total. The molecule has 1 unspecified atom stereocenters. The summed E-state index contributed by atoms with van der Waals surface area (Å²) in [6, 6.07) is 12.9. The summed E-state index contributed by atoms with van der Waals surface area (Å²) in [7, 11) is 1.52. The SMILES string of the molecule is COc1ccc(C(N)CCc2ccc(C)cc2)c(F)c1. The maximum Gasteiger partial charge on any atom is 0.131 e. The molecular weight excluding hydrogens is 253 g/mol. The Balaban J connectivity index is 2.01. The first-order chi connectivity index (χ1) is 9.60. The van der Waals surface area contributed by atoms with E-state index in [1.807, 2.05) is 0 Å². The normalized spacial score (nSPS) is 12.2. The van der Waals surface area contributed by atoms with Gasteiger partial charge in [0.15, 0.2) is 0 Å². The van der Waals surface area contributed by atoms with Gasteiger partial charge in [0.25, 0.3) is 0 Å². The smallest absolute Gasteiger partial charge is 0.131 e. The zero-order valence-corrected chi connectivity index (χ0v) is 11.9. The lowest BCUT2D eigenvalue weighted by molar-refractivity contribution is 0.410. The standard InChI is InChI=1S/C17H20FNO/c1-12-3-5-13(6-4-12)7-10-17(19)15-9-8-14(20-2)11-16(15)18/h3-6,8-9,11,17H,7,10,19H2,1-2H3. The highest BCUT2D eigenvalue weighted by Crippen LogP contribution is 2.23. The zero-order valence-electron chi connectivity index (χ0n) is 11.9. The predicted molar refractivity (Wildman–Crippen MR) is 79.4 cm³/mol. The van der Waals surface area contributed by atoms with Crippen molar-refractivity contribution < 1.29 is 9.13 Å². The van der Waals surface area contributed by atoms with Gasteiger partial charge in [0.2, 0.25) is 0 Å². The lowest BCUT2D eigenvalue weighted by atomic mass is 9.99. The number of hydrogen-bond acceptors (Lipinski definition) is 2. The molecule has 1 atom stereocenters. The molecule has 0 fully saturated rings. The number of nitrogens with two attached hydrogens (primary N) is 1. The molecule has 0 aromatic heterocycles. The monoisotopic (exact) mass is 273 g/mol. The fourth-order valence-electron chi connectivity index (χ4n) is 2.17. The van der Waals surface area contributed by atoms with Crippen LogP contribution in [0.5, 0.6) is 5.75 Å². The molecule has 2 aromatic rings. The number of benzene rings is 2. The van der Waals surface area contributed by atoms with Crippen molar-refractivity contribution in [2.75, 3.05) is 7.11 Å². The van der Waals surface area contributed by atoms with E-state index in [1.165, 1.54) is 24.3 Å². The summed E-state index contributed by atoms with van der Waals surface area (Å²) in [5, 5.41) is 0. The van der Waals surface area contributed by atoms with Crippen molar-refractivity contribution in [1.82, 2.24) is 0 Å². The number of rotatable bonds is 5. The summed E-state index contributed by atoms with van der Waals surface area (Å²) in [6.07, 6.45) is 1.55. The Hall–Kier alpha value is -1.87. The fraction of sp³-hybridized carbons (Fsp3) is 0.294. The van der Waals surface area contributed by atoms with Gasteiger partial charge in [0.05, 0.1) is 7.11 Å². The summed E-state index contributed by atoms with van der Waals surface area (Å²) < 4.78 is 18.9. The van der Waals surface area contributed by atoms with Gasteiger partial charge in [-0.3, -0.25) is 0 Å². The molecule has 0 bridgehead atoms. The summed E-state index contributed by atoms with van der Waals surface area (Å²) in [4.78, 5) is 0. The van der Waals surface area contributed by atoms with E-state index >= 15 is 0 Å². The van der Waals surface area contributed by atoms with E-state index in [2.05, 4.69) is 31.2 Å². The van der Waals surface area contributed by atoms with Crippen molar-refractivity contribution in [1.29, 1.82) is 0 Å². The third-order valence-electron chi connectivity index (χ3n) is 3.47. The van der Waals surface area contributed by atoms with Crippen LogP contribution >= 0.6 is 0 Å². The molecule has 0 radical (unpaired) electrons. The van der Waals surface area contributed by atoms with Crippen LogP contribution in [0.4, 0.5) is 4.39 Å². The number of aryl methyl sites for hydroxylation is 2. The minimum absolute atomic E-state index is 0.304. The van der Waals surface area contributed by atoms with Crippen molar-refractivity contribution in [3.8, 4) is 5.75 Å². The highest BCUT2D eigenvalue weighted by Gasteiger charge is 2.12. The van der Waals surface area contributed by atoms with Gasteiger partial charge in [-0.1, -0.05) is 35.9 Å². The molecule has 2 N–H and O–H groups in total. The van der Waals surface area contributed by atoms with Crippen LogP contribution in [0.2, 0.25) is 0 Å². The zero-order chi connectivity index (χ0) is 14.5. The maximum absolute atomic E-state index is 13.9. The lowest BCUT2D eigenvalue weighted by Crippen LogP contribution is -2.13. The second-order valence-electron chi connectivity index (χ2n) is 5.02. The van der Waals surface area contributed by atoms with Gasteiger partial charge >= 0.3 is 0 Å². The quantitative estimate of drug-likeness (QED) is 0.900. The molecule has 0 saturated carbocycles. The first kappa shape index (κ1) is 14.5. The number of methoxy groups -OCH3 is 1. The van der Waals surface area contributed by atoms with E-state index in [0.29, 0.717) is 17.7 Å². The molecule has 106 valence electrons. The molecule has 0 spiro atoms. The minimum Gasteiger partial charge on any atom is -0.497 e. The van der Waals surface area contributed by atoms with Crippen LogP contribution in [-0.4, -0.2) is 7.11 Å². The number of halogens is 1. The van der Waals surface area contributed by atoms with Gasteiger partial charge in [-0.25, -0.2) is 4.39 Å². The average Bonchev–Trinajstić information content (AvgIpc) is 2.46. The Morgan fingerprint density at radius 3 is 2.45 bits per heavy atom. The van der Waals surface area contributed by atoms with Crippen LogP contribution in [0.1, 0.15) is 29.2 Å². The summed E-state index contributed by atoms with van der Waals surface area (Å²) in [5.74, 6) is 0.206. The van der Waals surface area contributed by atoms with Crippen molar-refractivity contribution >= 4 is 0 Å². The molecule has 0 aliphatic heterocycles. The van der Waals surface area contributed by atoms with E-state index in [-0.39, 0.29) is 11.9 Å². The molecule has 0 aliphatic rings. The van der Waals surface area contributed by atoms with E-state index in [0.717, 1.165) is 6.42 Å². The molecule has 3 heteroatoms. The average molecular weight is 273 g/mol. The van der Waals surface area contributed by atoms with Gasteiger partial charge < -0.3 is 10.5 Å². The first-order valence-corrected chi connectivity index (χ1v) is 6.74. The van der Waals surface area contributed by atoms with E-state index < -0.39 is 0 Å². The third kappa shape index (κ3) is 3.58. The first-order valence-electron chi connectivity index (χ1n) is 6.74. The second-order valence-corrected chi connectivity index (χ2v) is 5.02. The number of hydrogen-bond donors (Lipinski definition) is 1. The summed E-state index contributed by atoms with van der Waals surface area (Å²) in [5.41, 5.74) is 9.08. The largest absolute Gasteiger partial charge is 0.497 e. The highest BCUT2D eigenvalue weighted by atomic mass is 19.1. The molecule has 0 amide bonds. The Labute approximate surface area is 119 Å². The van der Waals surface area contributed by atoms with Crippen LogP contribution < -0.4 is 10.5 Å². The van der Waals surface area contributed by atoms with Gasteiger partial charge in [-0.15, -0.1) is 0 Å². The van der Waals surface area contributed by atoms with Crippen LogP contribution in [0.15, 0.2) is 42.5 Å². The van der Waals surface area contributed by atoms with Crippen LogP contribution in [0.3, 0.4) is 0 Å². The van der Waals surface area contributed by atoms with E-state index in [9.17, 15) is 4.39 Å². The van der Waals surface area contributed by atoms with Crippen LogP contribution in [-0.2, 0) is 6.42 Å². The predicted octanol–water partition coefficient (Wildman–Crippen LogP) is 3.78. The van der Waals surface area contributed by atoms with Gasteiger partial charge in [0, 0.05) is 17.7 Å². The van der Waals surface area contributed by atoms with Gasteiger partial charge in [-0.05, 0) is 31.4 Å². The van der Waals surface area contributed by atoms with Crippen LogP contribution in [0.25, 0.3) is 0 Å². The number of ether oxygens (including phenoxy) is 1. The Morgan fingerprint density at radius 2 is 1.85 bits per heavy atom. The van der Waals surface area contributed by atoms with Crippen LogP contribution in [0, 0.1) is 12.7 Å². The van der Waals surface area contributed by atoms with Crippen molar-refractivity contribution in [2.45, 2.75) is 25.8 Å². The Kier molecular flexibility index (Phi) is 4.74. The van der Waals surface area contributed by atoms with E-state index in [1.54, 1.807) is 12.1 Å². The van der Waals surface area contributed by atoms with Crippen molar-refractivity contribution in [3.05, 3.63) is 65.0 Å². The molecule has 0 heterocycles. The minimum atomic E-state index is -0.305. The lowest BCUT2D eigenvalue weighted by Gasteiger charge is -2.14. The third-order valence-corrected chi connectivity index (χ3v) is 3.47. The molecule has 0 saturated heterocycles. The Bertz CT molecular complexity index is 566. The second kappa shape index (κ2) is 6.53. The Morgan fingerprint density at radius 1 is 1.15 bits per heavy atom. The topological polar surface area (TPSA) is 35.2 Å². The van der Waals surface area contributed by atoms with E-state index in [4.69, 9.17) is 10.5 Å². The summed E-state index contributed by atoms with van der Waals surface area (Å²) >= 11 is 0. The molecule has 20 heavy (non-hydrogen) atoms. The summed E-state index contributed by atoms with van der Waals surface area (Å²) in [6.45, 7) is 2.06. The molecule has 0 aliphatic carbocycles. The fourth-order valence-corrected chi connectivity index (χ4v) is 2.17. The highest BCUT2D eigenvalue weighted by molar-refractivity contribution is 5.31. The maximum atomic E-state index is 13.9. The van der Waals surface area contributed by atoms with Crippen molar-refractivity contribution in [2.24, 2.45) is 5.73 Å². The molecule has 2 aromatic carbocycles. The molecular formula is C17H20FNO. The van der Waals surface area contributed by atoms with Gasteiger partial charge in [0.1, 0.15) is 11.6 Å². The van der Waals surface area contributed by atoms with Gasteiger partial charge in [-0.2, -0.15) is 0 Å².